The van der Waals surface area contributed by atoms with Crippen molar-refractivity contribution in [1.29, 1.82) is 0 Å². The molecule has 0 fully saturated rings. The van der Waals surface area contributed by atoms with Crippen LogP contribution in [-0.4, -0.2) is 9.55 Å². The molecule has 2 aromatic heterocycles. The van der Waals surface area contributed by atoms with Crippen molar-refractivity contribution in [3.63, 3.8) is 0 Å². The molecule has 0 radical (unpaired) electrons. The van der Waals surface area contributed by atoms with E-state index in [-0.39, 0.29) is 0 Å². The second-order valence-electron chi connectivity index (χ2n) is 13.1. The number of hydrogen-bond donors (Lipinski definition) is 0. The first-order valence-corrected chi connectivity index (χ1v) is 18.9. The minimum absolute atomic E-state index is 0.835. The van der Waals surface area contributed by atoms with E-state index in [2.05, 4.69) is 132 Å². The highest BCUT2D eigenvalue weighted by Crippen LogP contribution is 2.53. The molecule has 3 heterocycles. The summed E-state index contributed by atoms with van der Waals surface area (Å²) in [6, 6.07) is 65.2. The summed E-state index contributed by atoms with van der Waals surface area (Å²) in [5.41, 5.74) is 10.7. The quantitative estimate of drug-likeness (QED) is 0.171. The van der Waals surface area contributed by atoms with Crippen LogP contribution in [0.4, 0.5) is 0 Å². The van der Waals surface area contributed by atoms with E-state index >= 15 is 4.57 Å². The van der Waals surface area contributed by atoms with E-state index < -0.39 is 7.14 Å². The van der Waals surface area contributed by atoms with Crippen LogP contribution in [0.3, 0.4) is 0 Å². The van der Waals surface area contributed by atoms with Crippen molar-refractivity contribution in [3.05, 3.63) is 188 Å². The van der Waals surface area contributed by atoms with Crippen molar-refractivity contribution in [3.8, 4) is 50.5 Å². The largest absolute Gasteiger partial charge is 0.309 e. The Morgan fingerprint density at radius 3 is 1.75 bits per heavy atom. The number of nitrogens with zero attached hydrogens (tertiary/aromatic N) is 2. The molecule has 0 spiro atoms. The fraction of sp³-hybridized carbons (Fsp3) is 0. The average molecular weight is 671 g/mol. The van der Waals surface area contributed by atoms with E-state index in [1.807, 2.05) is 60.7 Å². The molecule has 4 heteroatoms. The van der Waals surface area contributed by atoms with Crippen molar-refractivity contribution in [2.24, 2.45) is 0 Å². The van der Waals surface area contributed by atoms with Gasteiger partial charge in [-0.1, -0.05) is 158 Å². The highest BCUT2D eigenvalue weighted by molar-refractivity contribution is 7.86. The summed E-state index contributed by atoms with van der Waals surface area (Å²) in [4.78, 5) is 5.36. The van der Waals surface area contributed by atoms with Gasteiger partial charge in [0.1, 0.15) is 5.82 Å². The van der Waals surface area contributed by atoms with Crippen molar-refractivity contribution < 1.29 is 4.57 Å². The molecule has 1 atom stereocenters. The van der Waals surface area contributed by atoms with Gasteiger partial charge in [0.15, 0.2) is 7.14 Å². The van der Waals surface area contributed by atoms with E-state index in [1.54, 1.807) is 0 Å². The smallest absolute Gasteiger partial charge is 0.172 e. The zero-order chi connectivity index (χ0) is 33.9. The lowest BCUT2D eigenvalue weighted by Gasteiger charge is -2.16. The van der Waals surface area contributed by atoms with Gasteiger partial charge in [0, 0.05) is 32.2 Å². The van der Waals surface area contributed by atoms with Crippen LogP contribution in [0.2, 0.25) is 0 Å². The highest BCUT2D eigenvalue weighted by Gasteiger charge is 2.40. The molecule has 1 aliphatic heterocycles. The Labute approximate surface area is 296 Å². The van der Waals surface area contributed by atoms with Crippen LogP contribution in [0, 0.1) is 0 Å². The van der Waals surface area contributed by atoms with Crippen LogP contribution < -0.4 is 15.9 Å². The van der Waals surface area contributed by atoms with Crippen LogP contribution in [0.15, 0.2) is 188 Å². The number of rotatable bonds is 5. The summed E-state index contributed by atoms with van der Waals surface area (Å²) < 4.78 is 17.7. The lowest BCUT2D eigenvalue weighted by Crippen LogP contribution is -2.20. The molecule has 9 aromatic rings. The molecule has 240 valence electrons. The Morgan fingerprint density at radius 1 is 0.412 bits per heavy atom. The molecular formula is C47H31N2OP. The Morgan fingerprint density at radius 2 is 1.00 bits per heavy atom. The Balaban J connectivity index is 1.23. The molecule has 0 aliphatic carbocycles. The molecule has 10 rings (SSSR count). The van der Waals surface area contributed by atoms with Gasteiger partial charge in [0.2, 0.25) is 0 Å². The topological polar surface area (TPSA) is 34.9 Å². The van der Waals surface area contributed by atoms with Crippen molar-refractivity contribution in [1.82, 2.24) is 9.55 Å². The Kier molecular flexibility index (Phi) is 6.77. The van der Waals surface area contributed by atoms with E-state index in [4.69, 9.17) is 4.98 Å². The summed E-state index contributed by atoms with van der Waals surface area (Å²) in [7, 11) is -3.09. The maximum Gasteiger partial charge on any atom is 0.172 e. The number of aromatic nitrogens is 2. The first-order valence-electron chi connectivity index (χ1n) is 17.2. The summed E-state index contributed by atoms with van der Waals surface area (Å²) in [5.74, 6) is 0.835. The summed E-state index contributed by atoms with van der Waals surface area (Å²) in [6.45, 7) is 0. The molecular weight excluding hydrogens is 640 g/mol. The molecule has 51 heavy (non-hydrogen) atoms. The number of fused-ring (bicyclic) bond motifs is 6. The first kappa shape index (κ1) is 29.6. The normalized spacial score (nSPS) is 14.8. The number of hydrogen-bond acceptors (Lipinski definition) is 2. The van der Waals surface area contributed by atoms with Crippen molar-refractivity contribution in [2.75, 3.05) is 0 Å². The third kappa shape index (κ3) is 4.66. The van der Waals surface area contributed by atoms with Gasteiger partial charge in [0.05, 0.1) is 16.7 Å². The molecule has 3 nitrogen and oxygen atoms in total. The molecule has 0 N–H and O–H groups in total. The van der Waals surface area contributed by atoms with Crippen molar-refractivity contribution >= 4 is 44.9 Å². The second kappa shape index (κ2) is 11.7. The van der Waals surface area contributed by atoms with Crippen LogP contribution in [0.25, 0.3) is 72.3 Å². The van der Waals surface area contributed by atoms with Crippen LogP contribution in [-0.2, 0) is 4.57 Å². The van der Waals surface area contributed by atoms with E-state index in [1.165, 1.54) is 11.1 Å². The predicted molar refractivity (Wildman–Crippen MR) is 213 cm³/mol. The zero-order valence-electron chi connectivity index (χ0n) is 27.6. The minimum Gasteiger partial charge on any atom is -0.309 e. The van der Waals surface area contributed by atoms with Gasteiger partial charge >= 0.3 is 0 Å². The molecule has 1 aliphatic rings. The monoisotopic (exact) mass is 670 g/mol. The SMILES string of the molecule is O=P1(c2ccccc2)c2ccccc2-c2cc3c(cc21)c1ccccc1n3-c1cc(-c2ccc(-c3ccccc3)cc2)cc(-c2ccccc2)n1. The summed E-state index contributed by atoms with van der Waals surface area (Å²) >= 11 is 0. The predicted octanol–water partition coefficient (Wildman–Crippen LogP) is 10.8. The van der Waals surface area contributed by atoms with Crippen molar-refractivity contribution in [2.45, 2.75) is 0 Å². The zero-order valence-corrected chi connectivity index (χ0v) is 28.5. The first-order chi connectivity index (χ1) is 25.2. The highest BCUT2D eigenvalue weighted by atomic mass is 31.2. The second-order valence-corrected chi connectivity index (χ2v) is 15.8. The molecule has 1 unspecified atom stereocenters. The van der Waals surface area contributed by atoms with Gasteiger partial charge < -0.3 is 4.57 Å². The van der Waals surface area contributed by atoms with Gasteiger partial charge in [-0.05, 0) is 63.7 Å². The maximum atomic E-state index is 15.4. The van der Waals surface area contributed by atoms with Gasteiger partial charge in [-0.25, -0.2) is 4.98 Å². The fourth-order valence-electron chi connectivity index (χ4n) is 7.79. The number of benzene rings is 7. The van der Waals surface area contributed by atoms with E-state index in [0.29, 0.717) is 0 Å². The third-order valence-electron chi connectivity index (χ3n) is 10.2. The third-order valence-corrected chi connectivity index (χ3v) is 13.4. The van der Waals surface area contributed by atoms with Crippen LogP contribution >= 0.6 is 7.14 Å². The number of para-hydroxylation sites is 1. The van der Waals surface area contributed by atoms with Crippen LogP contribution in [0.1, 0.15) is 0 Å². The standard InChI is InChI=1S/C47H31N2OP/c50-51(37-18-8-3-9-19-37)45-23-13-11-21-39(45)41-30-44-40(31-46(41)51)38-20-10-12-22-43(38)49(44)47-29-36(28-42(48-47)35-16-6-2-7-17-35)34-26-24-33(25-27-34)32-14-4-1-5-15-32/h1-31H. The number of pyridine rings is 1. The Bertz CT molecular complexity index is 2810. The molecule has 0 saturated carbocycles. The van der Waals surface area contributed by atoms with Gasteiger partial charge in [-0.15, -0.1) is 0 Å². The summed E-state index contributed by atoms with van der Waals surface area (Å²) in [6.07, 6.45) is 0. The van der Waals surface area contributed by atoms with E-state index in [0.717, 1.165) is 77.0 Å². The fourth-order valence-corrected chi connectivity index (χ4v) is 10.9. The molecule has 7 aromatic carbocycles. The Hall–Kier alpha value is -6.28. The van der Waals surface area contributed by atoms with Gasteiger partial charge in [-0.2, -0.15) is 0 Å². The summed E-state index contributed by atoms with van der Waals surface area (Å²) in [5, 5.41) is 4.83. The molecule has 0 bridgehead atoms. The molecule has 0 amide bonds. The minimum atomic E-state index is -3.09. The van der Waals surface area contributed by atoms with E-state index in [9.17, 15) is 0 Å². The van der Waals surface area contributed by atoms with Gasteiger partial charge in [0.25, 0.3) is 0 Å². The lowest BCUT2D eigenvalue weighted by atomic mass is 9.99. The van der Waals surface area contributed by atoms with Gasteiger partial charge in [-0.3, -0.25) is 4.57 Å². The average Bonchev–Trinajstić information content (AvgIpc) is 3.67. The lowest BCUT2D eigenvalue weighted by molar-refractivity contribution is 0.593. The maximum absolute atomic E-state index is 15.4. The van der Waals surface area contributed by atoms with Crippen LogP contribution in [0.5, 0.6) is 0 Å². The molecule has 0 saturated heterocycles.